The van der Waals surface area contributed by atoms with Gasteiger partial charge in [0.15, 0.2) is 5.16 Å². The standard InChI is InChI=1S/C39H38BrN3O3S.C5H11O.Na/c1-44-31-18-15-29(16-19-31)25-45-37-32-26-46-39(22-33(32)41-38(42-37)47-2)21-9-14-30-17-20-34(36(40)35(30)39)43(23-27-10-5-3-6-11-27)24-28-12-7-4-8-13-28;1-4-5(2,3)6;/h3-8,10-13,15-20H,9,14,21-26H2,1-2H3;4H2,1-3H3;/q;-1;+1/t39-;;/m0../s1. The van der Waals surface area contributed by atoms with E-state index in [4.69, 9.17) is 24.2 Å². The van der Waals surface area contributed by atoms with Crippen molar-refractivity contribution in [3.05, 3.63) is 141 Å². The monoisotopic (exact) mass is 817 g/mol. The summed E-state index contributed by atoms with van der Waals surface area (Å²) in [6.45, 7) is 7.66. The summed E-state index contributed by atoms with van der Waals surface area (Å²) >= 11 is 5.70. The number of nitrogens with zero attached hydrogens (tertiary/aromatic N) is 3. The molecule has 7 nitrogen and oxygen atoms in total. The van der Waals surface area contributed by atoms with Gasteiger partial charge in [-0.2, -0.15) is 4.98 Å². The second-order valence-electron chi connectivity index (χ2n) is 14.3. The van der Waals surface area contributed by atoms with Crippen LogP contribution < -0.4 is 49.0 Å². The van der Waals surface area contributed by atoms with Crippen LogP contribution in [0.1, 0.15) is 79.1 Å². The van der Waals surface area contributed by atoms with Crippen molar-refractivity contribution in [1.29, 1.82) is 0 Å². The zero-order valence-electron chi connectivity index (χ0n) is 32.4. The van der Waals surface area contributed by atoms with Crippen LogP contribution in [0, 0.1) is 0 Å². The Labute approximate surface area is 355 Å². The Balaban J connectivity index is 0.000000742. The third kappa shape index (κ3) is 10.5. The minimum absolute atomic E-state index is 0. The summed E-state index contributed by atoms with van der Waals surface area (Å²) in [6.07, 6.45) is 6.42. The molecule has 0 radical (unpaired) electrons. The number of rotatable bonds is 11. The van der Waals surface area contributed by atoms with E-state index in [1.54, 1.807) is 21.0 Å². The smallest absolute Gasteiger partial charge is 0.850 e. The number of benzene rings is 4. The third-order valence-corrected chi connectivity index (χ3v) is 11.4. The van der Waals surface area contributed by atoms with E-state index in [9.17, 15) is 5.11 Å². The van der Waals surface area contributed by atoms with Gasteiger partial charge < -0.3 is 24.2 Å². The van der Waals surface area contributed by atoms with Gasteiger partial charge in [0.05, 0.1) is 30.7 Å². The maximum absolute atomic E-state index is 10.5. The Morgan fingerprint density at radius 1 is 0.907 bits per heavy atom. The second-order valence-corrected chi connectivity index (χ2v) is 15.8. The van der Waals surface area contributed by atoms with E-state index in [-0.39, 0.29) is 29.6 Å². The fraction of sp³-hybridized carbons (Fsp3) is 0.364. The van der Waals surface area contributed by atoms with Gasteiger partial charge in [-0.25, -0.2) is 4.98 Å². The molecule has 10 heteroatoms. The molecule has 0 saturated heterocycles. The minimum atomic E-state index is -0.708. The molecule has 1 spiro atoms. The van der Waals surface area contributed by atoms with E-state index < -0.39 is 11.2 Å². The number of hydrogen-bond donors (Lipinski definition) is 0. The van der Waals surface area contributed by atoms with Crippen molar-refractivity contribution in [2.24, 2.45) is 0 Å². The van der Waals surface area contributed by atoms with Gasteiger partial charge in [-0.15, -0.1) is 5.60 Å². The first-order valence-electron chi connectivity index (χ1n) is 18.3. The summed E-state index contributed by atoms with van der Waals surface area (Å²) < 4.78 is 19.7. The average Bonchev–Trinajstić information content (AvgIpc) is 3.17. The summed E-state index contributed by atoms with van der Waals surface area (Å²) in [5, 5.41) is 11.2. The molecule has 4 aromatic carbocycles. The summed E-state index contributed by atoms with van der Waals surface area (Å²) in [5.41, 5.74) is 8.11. The molecule has 1 aromatic heterocycles. The molecule has 0 N–H and O–H groups in total. The normalized spacial score (nSPS) is 15.9. The topological polar surface area (TPSA) is 79.8 Å². The van der Waals surface area contributed by atoms with Crippen LogP contribution in [0.25, 0.3) is 0 Å². The van der Waals surface area contributed by atoms with Gasteiger partial charge in [-0.1, -0.05) is 118 Å². The number of methoxy groups -OCH3 is 1. The van der Waals surface area contributed by atoms with Gasteiger partial charge in [0.25, 0.3) is 0 Å². The van der Waals surface area contributed by atoms with Crippen molar-refractivity contribution in [3.8, 4) is 11.6 Å². The third-order valence-electron chi connectivity index (χ3n) is 10.0. The maximum Gasteiger partial charge on any atom is 1.00 e. The Morgan fingerprint density at radius 3 is 2.11 bits per heavy atom. The quantitative estimate of drug-likeness (QED) is 0.0840. The molecule has 5 aromatic rings. The van der Waals surface area contributed by atoms with E-state index in [1.807, 2.05) is 37.4 Å². The van der Waals surface area contributed by atoms with Crippen molar-refractivity contribution >= 4 is 33.4 Å². The van der Waals surface area contributed by atoms with Crippen molar-refractivity contribution in [1.82, 2.24) is 9.97 Å². The SMILES string of the molecule is CCC(C)(C)[O-].COc1ccc(COc2nc(SC)nc3c2CO[C@@]2(CCCc4ccc(N(Cc5ccccc5)Cc5ccccc5)c(Br)c42)C3)cc1.[Na+]. The molecule has 0 saturated carbocycles. The van der Waals surface area contributed by atoms with E-state index in [1.165, 1.54) is 39.7 Å². The van der Waals surface area contributed by atoms with E-state index in [0.717, 1.165) is 59.4 Å². The molecule has 0 amide bonds. The van der Waals surface area contributed by atoms with Gasteiger partial charge in [0.1, 0.15) is 18.0 Å². The van der Waals surface area contributed by atoms with Gasteiger partial charge in [0.2, 0.25) is 5.88 Å². The Hall–Kier alpha value is -2.89. The Kier molecular flexibility index (Phi) is 15.1. The van der Waals surface area contributed by atoms with Gasteiger partial charge in [-0.05, 0) is 81.9 Å². The van der Waals surface area contributed by atoms with Crippen LogP contribution in [0.5, 0.6) is 11.6 Å². The van der Waals surface area contributed by atoms with E-state index in [0.29, 0.717) is 37.1 Å². The average molecular weight is 819 g/mol. The van der Waals surface area contributed by atoms with Crippen LogP contribution in [0.15, 0.2) is 107 Å². The number of fused-ring (bicyclic) bond motifs is 3. The van der Waals surface area contributed by atoms with Crippen LogP contribution in [0.3, 0.4) is 0 Å². The zero-order chi connectivity index (χ0) is 37.4. The molecule has 1 aliphatic carbocycles. The van der Waals surface area contributed by atoms with Crippen molar-refractivity contribution in [2.45, 2.75) is 95.5 Å². The van der Waals surface area contributed by atoms with E-state index >= 15 is 0 Å². The van der Waals surface area contributed by atoms with E-state index in [2.05, 4.69) is 93.6 Å². The Bertz CT molecular complexity index is 1920. The summed E-state index contributed by atoms with van der Waals surface area (Å²) in [4.78, 5) is 12.3. The number of hydrogen-bond acceptors (Lipinski definition) is 8. The number of halogens is 1. The van der Waals surface area contributed by atoms with Gasteiger partial charge in [-0.3, -0.25) is 0 Å². The van der Waals surface area contributed by atoms with Crippen LogP contribution in [0.2, 0.25) is 0 Å². The van der Waals surface area contributed by atoms with Crippen LogP contribution >= 0.6 is 27.7 Å². The molecule has 1 atom stereocenters. The number of thioether (sulfide) groups is 1. The first-order valence-corrected chi connectivity index (χ1v) is 20.3. The van der Waals surface area contributed by atoms with Crippen LogP contribution in [0.4, 0.5) is 5.69 Å². The first-order chi connectivity index (χ1) is 25.6. The molecule has 1 aliphatic heterocycles. The summed E-state index contributed by atoms with van der Waals surface area (Å²) in [6, 6.07) is 33.9. The largest absolute Gasteiger partial charge is 1.00 e. The second kappa shape index (κ2) is 19.3. The number of aromatic nitrogens is 2. The van der Waals surface area contributed by atoms with Gasteiger partial charge >= 0.3 is 29.6 Å². The summed E-state index contributed by atoms with van der Waals surface area (Å²) in [7, 11) is 1.67. The first kappa shape index (κ1) is 42.3. The number of ether oxygens (including phenoxy) is 3. The predicted molar refractivity (Wildman–Crippen MR) is 216 cm³/mol. The summed E-state index contributed by atoms with van der Waals surface area (Å²) in [5.74, 6) is 1.42. The molecule has 278 valence electrons. The molecular formula is C44H49BrN3NaO4S. The molecule has 2 aliphatic rings. The Morgan fingerprint density at radius 2 is 1.54 bits per heavy atom. The van der Waals surface area contributed by atoms with Crippen molar-refractivity contribution < 1.29 is 48.9 Å². The molecular weight excluding hydrogens is 769 g/mol. The molecule has 0 bridgehead atoms. The molecule has 2 heterocycles. The fourth-order valence-electron chi connectivity index (χ4n) is 6.79. The zero-order valence-corrected chi connectivity index (χ0v) is 36.8. The molecule has 0 fully saturated rings. The van der Waals surface area contributed by atoms with Crippen molar-refractivity contribution in [3.63, 3.8) is 0 Å². The van der Waals surface area contributed by atoms with Gasteiger partial charge in [0, 0.05) is 29.5 Å². The van der Waals surface area contributed by atoms with Crippen LogP contribution in [-0.4, -0.2) is 28.9 Å². The van der Waals surface area contributed by atoms with Crippen molar-refractivity contribution in [2.75, 3.05) is 18.3 Å². The number of anilines is 1. The number of aryl methyl sites for hydroxylation is 1. The minimum Gasteiger partial charge on any atom is -0.850 e. The maximum atomic E-state index is 10.5. The molecule has 0 unspecified atom stereocenters. The molecule has 54 heavy (non-hydrogen) atoms. The fourth-order valence-corrected chi connectivity index (χ4v) is 8.16. The predicted octanol–water partition coefficient (Wildman–Crippen LogP) is 6.60. The van der Waals surface area contributed by atoms with Crippen LogP contribution in [-0.2, 0) is 49.5 Å². The molecule has 7 rings (SSSR count).